The molecule has 0 saturated carbocycles. The molecular weight excluding hydrogens is 228 g/mol. The maximum atomic E-state index is 12.3. The molecule has 2 rings (SSSR count). The second-order valence-corrected chi connectivity index (χ2v) is 5.73. The van der Waals surface area contributed by atoms with E-state index in [9.17, 15) is 4.79 Å². The van der Waals surface area contributed by atoms with Crippen molar-refractivity contribution >= 4 is 5.91 Å². The summed E-state index contributed by atoms with van der Waals surface area (Å²) in [6.45, 7) is 10.4. The summed E-state index contributed by atoms with van der Waals surface area (Å²) in [5.74, 6) is 1.00. The van der Waals surface area contributed by atoms with Gasteiger partial charge in [-0.3, -0.25) is 9.69 Å². The van der Waals surface area contributed by atoms with Crippen molar-refractivity contribution in [2.75, 3.05) is 32.8 Å². The van der Waals surface area contributed by atoms with Gasteiger partial charge in [-0.15, -0.1) is 0 Å². The number of carbonyl (C=O) groups is 1. The van der Waals surface area contributed by atoms with E-state index in [1.165, 1.54) is 6.42 Å². The van der Waals surface area contributed by atoms with E-state index in [0.717, 1.165) is 32.0 Å². The molecule has 0 radical (unpaired) electrons. The monoisotopic (exact) mass is 254 g/mol. The van der Waals surface area contributed by atoms with Gasteiger partial charge in [-0.25, -0.2) is 0 Å². The van der Waals surface area contributed by atoms with Crippen LogP contribution in [0.4, 0.5) is 0 Å². The van der Waals surface area contributed by atoms with Crippen LogP contribution in [0.15, 0.2) is 0 Å². The van der Waals surface area contributed by atoms with Gasteiger partial charge < -0.3 is 9.64 Å². The third-order valence-electron chi connectivity index (χ3n) is 4.35. The Morgan fingerprint density at radius 1 is 1.33 bits per heavy atom. The Hall–Kier alpha value is -0.610. The molecule has 2 aliphatic heterocycles. The van der Waals surface area contributed by atoms with Crippen LogP contribution in [-0.2, 0) is 9.53 Å². The van der Waals surface area contributed by atoms with Crippen molar-refractivity contribution in [1.82, 2.24) is 9.80 Å². The van der Waals surface area contributed by atoms with Crippen LogP contribution in [0.25, 0.3) is 0 Å². The molecule has 104 valence electrons. The molecule has 1 amide bonds. The van der Waals surface area contributed by atoms with E-state index in [-0.39, 0.29) is 12.0 Å². The Kier molecular flexibility index (Phi) is 4.62. The van der Waals surface area contributed by atoms with Gasteiger partial charge in [-0.2, -0.15) is 0 Å². The standard InChI is InChI=1S/C14H26N2O2/c1-4-13-11(2)5-6-15(13)10-14(17)16-7-8-18-12(3)9-16/h11-13H,4-10H2,1-3H3. The van der Waals surface area contributed by atoms with Gasteiger partial charge in [0.25, 0.3) is 0 Å². The molecule has 0 bridgehead atoms. The molecule has 2 saturated heterocycles. The minimum absolute atomic E-state index is 0.183. The molecule has 2 fully saturated rings. The zero-order valence-electron chi connectivity index (χ0n) is 11.9. The van der Waals surface area contributed by atoms with Crippen molar-refractivity contribution in [3.63, 3.8) is 0 Å². The highest BCUT2D eigenvalue weighted by Crippen LogP contribution is 2.25. The molecule has 3 unspecified atom stereocenters. The molecule has 0 spiro atoms. The molecule has 0 aromatic carbocycles. The highest BCUT2D eigenvalue weighted by Gasteiger charge is 2.32. The number of amides is 1. The van der Waals surface area contributed by atoms with Gasteiger partial charge >= 0.3 is 0 Å². The molecule has 0 aromatic rings. The van der Waals surface area contributed by atoms with E-state index in [0.29, 0.717) is 19.2 Å². The minimum atomic E-state index is 0.183. The molecule has 4 heteroatoms. The average Bonchev–Trinajstić information content (AvgIpc) is 2.69. The van der Waals surface area contributed by atoms with E-state index in [1.54, 1.807) is 0 Å². The van der Waals surface area contributed by atoms with Crippen molar-refractivity contribution < 1.29 is 9.53 Å². The number of morpholine rings is 1. The zero-order chi connectivity index (χ0) is 13.1. The number of rotatable bonds is 3. The fourth-order valence-corrected chi connectivity index (χ4v) is 3.26. The van der Waals surface area contributed by atoms with Gasteiger partial charge in [-0.1, -0.05) is 13.8 Å². The molecule has 2 aliphatic rings. The first-order valence-electron chi connectivity index (χ1n) is 7.25. The van der Waals surface area contributed by atoms with E-state index in [1.807, 2.05) is 11.8 Å². The Morgan fingerprint density at radius 3 is 2.78 bits per heavy atom. The molecule has 0 aromatic heterocycles. The number of hydrogen-bond acceptors (Lipinski definition) is 3. The summed E-state index contributed by atoms with van der Waals surface area (Å²) in [5, 5.41) is 0. The predicted octanol–water partition coefficient (Wildman–Crippen LogP) is 1.35. The molecule has 2 heterocycles. The van der Waals surface area contributed by atoms with Crippen molar-refractivity contribution in [1.29, 1.82) is 0 Å². The summed E-state index contributed by atoms with van der Waals surface area (Å²) in [7, 11) is 0. The fourth-order valence-electron chi connectivity index (χ4n) is 3.26. The van der Waals surface area contributed by atoms with Crippen molar-refractivity contribution in [2.45, 2.75) is 45.8 Å². The highest BCUT2D eigenvalue weighted by molar-refractivity contribution is 5.78. The molecular formula is C14H26N2O2. The molecule has 18 heavy (non-hydrogen) atoms. The number of ether oxygens (including phenoxy) is 1. The Morgan fingerprint density at radius 2 is 2.11 bits per heavy atom. The second-order valence-electron chi connectivity index (χ2n) is 5.73. The lowest BCUT2D eigenvalue weighted by Crippen LogP contribution is -2.49. The van der Waals surface area contributed by atoms with E-state index < -0.39 is 0 Å². The van der Waals surface area contributed by atoms with Gasteiger partial charge in [0.15, 0.2) is 0 Å². The van der Waals surface area contributed by atoms with Crippen LogP contribution in [0.3, 0.4) is 0 Å². The van der Waals surface area contributed by atoms with Gasteiger partial charge in [0.2, 0.25) is 5.91 Å². The van der Waals surface area contributed by atoms with Crippen LogP contribution < -0.4 is 0 Å². The SMILES string of the molecule is CCC1C(C)CCN1CC(=O)N1CCOC(C)C1. The van der Waals surface area contributed by atoms with Crippen LogP contribution in [0.1, 0.15) is 33.6 Å². The Labute approximate surface area is 110 Å². The smallest absolute Gasteiger partial charge is 0.236 e. The lowest BCUT2D eigenvalue weighted by Gasteiger charge is -2.33. The molecule has 0 N–H and O–H groups in total. The lowest BCUT2D eigenvalue weighted by atomic mass is 10.0. The quantitative estimate of drug-likeness (QED) is 0.762. The highest BCUT2D eigenvalue weighted by atomic mass is 16.5. The molecule has 3 atom stereocenters. The van der Waals surface area contributed by atoms with Crippen molar-refractivity contribution in [3.05, 3.63) is 0 Å². The first kappa shape index (κ1) is 13.8. The van der Waals surface area contributed by atoms with E-state index in [4.69, 9.17) is 4.74 Å². The van der Waals surface area contributed by atoms with Crippen molar-refractivity contribution in [3.8, 4) is 0 Å². The number of carbonyl (C=O) groups excluding carboxylic acids is 1. The first-order chi connectivity index (χ1) is 8.61. The van der Waals surface area contributed by atoms with Gasteiger partial charge in [0.05, 0.1) is 19.3 Å². The summed E-state index contributed by atoms with van der Waals surface area (Å²) < 4.78 is 5.48. The van der Waals surface area contributed by atoms with Crippen LogP contribution in [0, 0.1) is 5.92 Å². The maximum Gasteiger partial charge on any atom is 0.236 e. The Bertz CT molecular complexity index is 296. The summed E-state index contributed by atoms with van der Waals surface area (Å²) in [6, 6.07) is 0.590. The van der Waals surface area contributed by atoms with Gasteiger partial charge in [-0.05, 0) is 32.2 Å². The topological polar surface area (TPSA) is 32.8 Å². The normalized spacial score (nSPS) is 33.9. The third-order valence-corrected chi connectivity index (χ3v) is 4.35. The van der Waals surface area contributed by atoms with Crippen LogP contribution >= 0.6 is 0 Å². The number of likely N-dealkylation sites (tertiary alicyclic amines) is 1. The first-order valence-corrected chi connectivity index (χ1v) is 7.25. The number of nitrogens with zero attached hydrogens (tertiary/aromatic N) is 2. The Balaban J connectivity index is 1.87. The zero-order valence-corrected chi connectivity index (χ0v) is 11.9. The fraction of sp³-hybridized carbons (Fsp3) is 0.929. The average molecular weight is 254 g/mol. The minimum Gasteiger partial charge on any atom is -0.375 e. The van der Waals surface area contributed by atoms with E-state index in [2.05, 4.69) is 18.7 Å². The summed E-state index contributed by atoms with van der Waals surface area (Å²) in [5.41, 5.74) is 0. The van der Waals surface area contributed by atoms with E-state index >= 15 is 0 Å². The van der Waals surface area contributed by atoms with Crippen LogP contribution in [-0.4, -0.2) is 60.6 Å². The summed E-state index contributed by atoms with van der Waals surface area (Å²) >= 11 is 0. The second kappa shape index (κ2) is 6.02. The largest absolute Gasteiger partial charge is 0.375 e. The summed E-state index contributed by atoms with van der Waals surface area (Å²) in [4.78, 5) is 16.6. The third kappa shape index (κ3) is 3.04. The van der Waals surface area contributed by atoms with Gasteiger partial charge in [0.1, 0.15) is 0 Å². The van der Waals surface area contributed by atoms with Crippen LogP contribution in [0.2, 0.25) is 0 Å². The molecule has 0 aliphatic carbocycles. The summed E-state index contributed by atoms with van der Waals surface area (Å²) in [6.07, 6.45) is 2.56. The van der Waals surface area contributed by atoms with Gasteiger partial charge in [0, 0.05) is 19.1 Å². The van der Waals surface area contributed by atoms with Crippen LogP contribution in [0.5, 0.6) is 0 Å². The lowest BCUT2D eigenvalue weighted by molar-refractivity contribution is -0.139. The number of hydrogen-bond donors (Lipinski definition) is 0. The van der Waals surface area contributed by atoms with Crippen molar-refractivity contribution in [2.24, 2.45) is 5.92 Å². The molecule has 4 nitrogen and oxygen atoms in total. The predicted molar refractivity (Wildman–Crippen MR) is 71.4 cm³/mol. The maximum absolute atomic E-state index is 12.3.